The fourth-order valence-electron chi connectivity index (χ4n) is 2.37. The van der Waals surface area contributed by atoms with Crippen molar-refractivity contribution in [1.82, 2.24) is 14.7 Å². The van der Waals surface area contributed by atoms with E-state index in [0.29, 0.717) is 6.42 Å². The molecule has 26 heavy (non-hydrogen) atoms. The first-order chi connectivity index (χ1) is 12.4. The fraction of sp³-hybridized carbons (Fsp3) is 0.118. The molecule has 1 heterocycles. The molecule has 0 saturated heterocycles. The van der Waals surface area contributed by atoms with Gasteiger partial charge >= 0.3 is 0 Å². The van der Waals surface area contributed by atoms with Gasteiger partial charge in [-0.2, -0.15) is 0 Å². The van der Waals surface area contributed by atoms with Gasteiger partial charge in [0, 0.05) is 19.2 Å². The molecule has 0 aliphatic heterocycles. The van der Waals surface area contributed by atoms with Crippen molar-refractivity contribution in [3.63, 3.8) is 0 Å². The number of imidazole rings is 1. The summed E-state index contributed by atoms with van der Waals surface area (Å²) in [5.74, 6) is 0. The Hall–Kier alpha value is -2.49. The third-order valence-corrected chi connectivity index (χ3v) is 6.93. The van der Waals surface area contributed by atoms with Gasteiger partial charge in [-0.15, -0.1) is 0 Å². The van der Waals surface area contributed by atoms with Crippen molar-refractivity contribution in [1.29, 1.82) is 0 Å². The van der Waals surface area contributed by atoms with Gasteiger partial charge < -0.3 is 4.98 Å². The van der Waals surface area contributed by atoms with Crippen molar-refractivity contribution in [2.75, 3.05) is 6.54 Å². The van der Waals surface area contributed by atoms with Crippen LogP contribution in [0.5, 0.6) is 0 Å². The van der Waals surface area contributed by atoms with Gasteiger partial charge in [0.15, 0.2) is 0 Å². The molecule has 0 saturated carbocycles. The van der Waals surface area contributed by atoms with Crippen LogP contribution in [-0.2, 0) is 26.3 Å². The van der Waals surface area contributed by atoms with Crippen LogP contribution in [0.3, 0.4) is 0 Å². The summed E-state index contributed by atoms with van der Waals surface area (Å²) in [5, 5.41) is 0. The average molecular weight is 391 g/mol. The molecule has 3 rings (SSSR count). The SMILES string of the molecule is O=S(=O)(NCCc1c[nH]cn1)c1cccc(S(=O)(=O)c2ccccc2)c1. The van der Waals surface area contributed by atoms with Crippen LogP contribution in [-0.4, -0.2) is 33.3 Å². The van der Waals surface area contributed by atoms with Crippen LogP contribution in [0.2, 0.25) is 0 Å². The Morgan fingerprint density at radius 1 is 0.885 bits per heavy atom. The van der Waals surface area contributed by atoms with Gasteiger partial charge in [-0.05, 0) is 30.3 Å². The number of nitrogens with one attached hydrogen (secondary N) is 2. The normalized spacial score (nSPS) is 12.2. The lowest BCUT2D eigenvalue weighted by atomic mass is 10.3. The van der Waals surface area contributed by atoms with E-state index in [2.05, 4.69) is 14.7 Å². The Bertz CT molecular complexity index is 1080. The molecule has 0 atom stereocenters. The van der Waals surface area contributed by atoms with Gasteiger partial charge in [-0.1, -0.05) is 24.3 Å². The highest BCUT2D eigenvalue weighted by molar-refractivity contribution is 7.91. The minimum absolute atomic E-state index is 0.0705. The average Bonchev–Trinajstić information content (AvgIpc) is 3.16. The summed E-state index contributed by atoms with van der Waals surface area (Å²) >= 11 is 0. The summed E-state index contributed by atoms with van der Waals surface area (Å²) in [7, 11) is -7.61. The quantitative estimate of drug-likeness (QED) is 0.638. The number of nitrogens with zero attached hydrogens (tertiary/aromatic N) is 1. The summed E-state index contributed by atoms with van der Waals surface area (Å²) in [5.41, 5.74) is 0.730. The second-order valence-electron chi connectivity index (χ2n) is 5.50. The smallest absolute Gasteiger partial charge is 0.240 e. The van der Waals surface area contributed by atoms with Gasteiger partial charge in [0.25, 0.3) is 0 Å². The molecular weight excluding hydrogens is 374 g/mol. The standard InChI is InChI=1S/C17H17N3O4S2/c21-25(22,15-5-2-1-3-6-15)16-7-4-8-17(11-16)26(23,24)20-10-9-14-12-18-13-19-14/h1-8,11-13,20H,9-10H2,(H,18,19). The molecule has 0 amide bonds. The number of aromatic amines is 1. The summed E-state index contributed by atoms with van der Waals surface area (Å²) in [6, 6.07) is 13.2. The summed E-state index contributed by atoms with van der Waals surface area (Å²) in [4.78, 5) is 6.75. The molecule has 0 fully saturated rings. The van der Waals surface area contributed by atoms with Crippen LogP contribution < -0.4 is 4.72 Å². The van der Waals surface area contributed by atoms with Crippen LogP contribution in [0.15, 0.2) is 81.8 Å². The van der Waals surface area contributed by atoms with Crippen LogP contribution in [0.1, 0.15) is 5.69 Å². The molecule has 2 N–H and O–H groups in total. The minimum Gasteiger partial charge on any atom is -0.351 e. The highest BCUT2D eigenvalue weighted by atomic mass is 32.2. The van der Waals surface area contributed by atoms with Crippen molar-refractivity contribution < 1.29 is 16.8 Å². The van der Waals surface area contributed by atoms with Crippen LogP contribution in [0.25, 0.3) is 0 Å². The zero-order valence-electron chi connectivity index (χ0n) is 13.7. The van der Waals surface area contributed by atoms with E-state index < -0.39 is 19.9 Å². The fourth-order valence-corrected chi connectivity index (χ4v) is 4.85. The van der Waals surface area contributed by atoms with Crippen LogP contribution in [0.4, 0.5) is 0 Å². The first-order valence-corrected chi connectivity index (χ1v) is 10.7. The summed E-state index contributed by atoms with van der Waals surface area (Å²) in [6.07, 6.45) is 3.62. The number of benzene rings is 2. The van der Waals surface area contributed by atoms with E-state index in [4.69, 9.17) is 0 Å². The second-order valence-corrected chi connectivity index (χ2v) is 9.22. The predicted octanol–water partition coefficient (Wildman–Crippen LogP) is 1.76. The van der Waals surface area contributed by atoms with Crippen molar-refractivity contribution in [2.45, 2.75) is 21.1 Å². The Balaban J connectivity index is 1.82. The maximum Gasteiger partial charge on any atom is 0.240 e. The molecule has 3 aromatic rings. The monoisotopic (exact) mass is 391 g/mol. The Morgan fingerprint density at radius 3 is 2.27 bits per heavy atom. The number of hydrogen-bond donors (Lipinski definition) is 2. The summed E-state index contributed by atoms with van der Waals surface area (Å²) < 4.78 is 52.7. The molecule has 0 spiro atoms. The lowest BCUT2D eigenvalue weighted by Crippen LogP contribution is -2.26. The van der Waals surface area contributed by atoms with E-state index in [0.717, 1.165) is 5.69 Å². The van der Waals surface area contributed by atoms with Crippen molar-refractivity contribution >= 4 is 19.9 Å². The summed E-state index contributed by atoms with van der Waals surface area (Å²) in [6.45, 7) is 0.156. The zero-order chi connectivity index (χ0) is 18.6. The highest BCUT2D eigenvalue weighted by Crippen LogP contribution is 2.22. The number of rotatable bonds is 7. The molecular formula is C17H17N3O4S2. The van der Waals surface area contributed by atoms with Gasteiger partial charge in [0.05, 0.1) is 26.7 Å². The largest absolute Gasteiger partial charge is 0.351 e. The van der Waals surface area contributed by atoms with Crippen molar-refractivity contribution in [3.8, 4) is 0 Å². The molecule has 1 aromatic heterocycles. The van der Waals surface area contributed by atoms with E-state index in [1.54, 1.807) is 24.4 Å². The molecule has 136 valence electrons. The first kappa shape index (κ1) is 18.3. The van der Waals surface area contributed by atoms with Crippen LogP contribution in [0, 0.1) is 0 Å². The van der Waals surface area contributed by atoms with Crippen molar-refractivity contribution in [2.24, 2.45) is 0 Å². The highest BCUT2D eigenvalue weighted by Gasteiger charge is 2.21. The molecule has 0 aliphatic carbocycles. The molecule has 0 bridgehead atoms. The Kier molecular flexibility index (Phi) is 5.21. The van der Waals surface area contributed by atoms with Crippen molar-refractivity contribution in [3.05, 3.63) is 72.8 Å². The third-order valence-electron chi connectivity index (χ3n) is 3.71. The van der Waals surface area contributed by atoms with Gasteiger partial charge in [0.2, 0.25) is 19.9 Å². The molecule has 9 heteroatoms. The molecule has 0 unspecified atom stereocenters. The molecule has 0 radical (unpaired) electrons. The number of hydrogen-bond acceptors (Lipinski definition) is 5. The van der Waals surface area contributed by atoms with Gasteiger partial charge in [-0.3, -0.25) is 0 Å². The maximum atomic E-state index is 12.7. The second kappa shape index (κ2) is 7.40. The topological polar surface area (TPSA) is 109 Å². The molecule has 0 aliphatic rings. The zero-order valence-corrected chi connectivity index (χ0v) is 15.3. The molecule has 7 nitrogen and oxygen atoms in total. The van der Waals surface area contributed by atoms with E-state index >= 15 is 0 Å². The Labute approximate surface area is 152 Å². The predicted molar refractivity (Wildman–Crippen MR) is 95.8 cm³/mol. The molecule has 2 aromatic carbocycles. The first-order valence-electron chi connectivity index (χ1n) is 7.77. The maximum absolute atomic E-state index is 12.7. The number of sulfonamides is 1. The van der Waals surface area contributed by atoms with E-state index in [1.807, 2.05) is 0 Å². The number of aromatic nitrogens is 2. The lowest BCUT2D eigenvalue weighted by Gasteiger charge is -2.09. The number of H-pyrrole nitrogens is 1. The minimum atomic E-state index is -3.83. The van der Waals surface area contributed by atoms with Gasteiger partial charge in [0.1, 0.15) is 0 Å². The van der Waals surface area contributed by atoms with E-state index in [9.17, 15) is 16.8 Å². The number of sulfone groups is 1. The van der Waals surface area contributed by atoms with E-state index in [-0.39, 0.29) is 21.2 Å². The Morgan fingerprint density at radius 2 is 1.58 bits per heavy atom. The van der Waals surface area contributed by atoms with Crippen LogP contribution >= 0.6 is 0 Å². The van der Waals surface area contributed by atoms with Gasteiger partial charge in [-0.25, -0.2) is 26.5 Å². The lowest BCUT2D eigenvalue weighted by molar-refractivity contribution is 0.581. The van der Waals surface area contributed by atoms with E-state index in [1.165, 1.54) is 42.7 Å². The third kappa shape index (κ3) is 4.01.